The molecule has 0 N–H and O–H groups in total. The smallest absolute Gasteiger partial charge is 0.409 e. The summed E-state index contributed by atoms with van der Waals surface area (Å²) in [6.45, 7) is 3.62. The summed E-state index contributed by atoms with van der Waals surface area (Å²) in [5.41, 5.74) is 0. The summed E-state index contributed by atoms with van der Waals surface area (Å²) in [6, 6.07) is 0. The zero-order valence-corrected chi connectivity index (χ0v) is 6.60. The Balaban J connectivity index is 2.33. The molecule has 0 aliphatic carbocycles. The van der Waals surface area contributed by atoms with Crippen LogP contribution in [0.15, 0.2) is 0 Å². The Morgan fingerprint density at radius 3 is 3.00 bits per heavy atom. The van der Waals surface area contributed by atoms with Gasteiger partial charge in [-0.05, 0) is 6.92 Å². The second-order valence-electron chi connectivity index (χ2n) is 2.34. The minimum atomic E-state index is -0.243. The van der Waals surface area contributed by atoms with E-state index < -0.39 is 0 Å². The van der Waals surface area contributed by atoms with Crippen LogP contribution in [0.4, 0.5) is 4.79 Å². The number of nitrogens with zero attached hydrogens (tertiary/aromatic N) is 1. The van der Waals surface area contributed by atoms with Gasteiger partial charge in [-0.25, -0.2) is 4.79 Å². The lowest BCUT2D eigenvalue weighted by Gasteiger charge is -2.12. The number of carbonyl (C=O) groups is 1. The third kappa shape index (κ3) is 1.77. The van der Waals surface area contributed by atoms with Gasteiger partial charge in [-0.1, -0.05) is 0 Å². The number of hydrogen-bond donors (Lipinski definition) is 0. The van der Waals surface area contributed by atoms with Crippen LogP contribution in [0.2, 0.25) is 0 Å². The Hall–Kier alpha value is -0.440. The van der Waals surface area contributed by atoms with Gasteiger partial charge in [-0.2, -0.15) is 0 Å². The van der Waals surface area contributed by atoms with Crippen molar-refractivity contribution in [3.05, 3.63) is 0 Å². The van der Waals surface area contributed by atoms with Crippen LogP contribution in [0, 0.1) is 0 Å². The zero-order valence-electron chi connectivity index (χ0n) is 5.84. The van der Waals surface area contributed by atoms with Crippen LogP contribution >= 0.6 is 11.6 Å². The Kier molecular flexibility index (Phi) is 2.38. The van der Waals surface area contributed by atoms with E-state index in [1.165, 1.54) is 0 Å². The average Bonchev–Trinajstić information content (AvgIpc) is 2.15. The van der Waals surface area contributed by atoms with Gasteiger partial charge in [0.25, 0.3) is 0 Å². The largest absolute Gasteiger partial charge is 0.448 e. The van der Waals surface area contributed by atoms with Crippen molar-refractivity contribution in [2.75, 3.05) is 19.7 Å². The third-order valence-electron chi connectivity index (χ3n) is 1.32. The lowest BCUT2D eigenvalue weighted by atomic mass is 10.4. The summed E-state index contributed by atoms with van der Waals surface area (Å²) in [7, 11) is 0. The van der Waals surface area contributed by atoms with Gasteiger partial charge >= 0.3 is 6.09 Å². The fourth-order valence-electron chi connectivity index (χ4n) is 0.895. The Bertz CT molecular complexity index is 138. The highest BCUT2D eigenvalue weighted by Crippen LogP contribution is 2.06. The molecule has 0 bridgehead atoms. The molecule has 0 radical (unpaired) electrons. The van der Waals surface area contributed by atoms with Gasteiger partial charge in [0, 0.05) is 11.9 Å². The monoisotopic (exact) mass is 163 g/mol. The zero-order chi connectivity index (χ0) is 7.56. The van der Waals surface area contributed by atoms with Gasteiger partial charge in [-0.3, -0.25) is 0 Å². The average molecular weight is 164 g/mol. The minimum Gasteiger partial charge on any atom is -0.448 e. The Morgan fingerprint density at radius 2 is 2.60 bits per heavy atom. The Morgan fingerprint density at radius 1 is 1.90 bits per heavy atom. The van der Waals surface area contributed by atoms with Crippen molar-refractivity contribution in [1.29, 1.82) is 0 Å². The molecule has 3 nitrogen and oxygen atoms in total. The van der Waals surface area contributed by atoms with Gasteiger partial charge in [-0.15, -0.1) is 11.6 Å². The summed E-state index contributed by atoms with van der Waals surface area (Å²) in [4.78, 5) is 12.4. The van der Waals surface area contributed by atoms with Crippen LogP contribution in [0.5, 0.6) is 0 Å². The number of carbonyl (C=O) groups excluding carboxylic acids is 1. The van der Waals surface area contributed by atoms with E-state index in [0.29, 0.717) is 19.7 Å². The molecule has 1 fully saturated rings. The van der Waals surface area contributed by atoms with E-state index in [9.17, 15) is 4.79 Å². The van der Waals surface area contributed by atoms with Crippen LogP contribution in [0.25, 0.3) is 0 Å². The van der Waals surface area contributed by atoms with Crippen LogP contribution in [-0.2, 0) is 4.74 Å². The van der Waals surface area contributed by atoms with Gasteiger partial charge in [0.1, 0.15) is 6.61 Å². The molecular formula is C6H10ClNO2. The Labute approximate surface area is 64.9 Å². The summed E-state index contributed by atoms with van der Waals surface area (Å²) >= 11 is 5.67. The van der Waals surface area contributed by atoms with Gasteiger partial charge in [0.05, 0.1) is 6.54 Å². The number of rotatable bonds is 2. The predicted molar refractivity (Wildman–Crippen MR) is 38.2 cm³/mol. The van der Waals surface area contributed by atoms with Gasteiger partial charge < -0.3 is 9.64 Å². The van der Waals surface area contributed by atoms with E-state index in [1.807, 2.05) is 6.92 Å². The minimum absolute atomic E-state index is 0.00523. The molecule has 10 heavy (non-hydrogen) atoms. The molecule has 1 aliphatic rings. The molecule has 0 aromatic rings. The lowest BCUT2D eigenvalue weighted by Crippen LogP contribution is -2.29. The van der Waals surface area contributed by atoms with Crippen molar-refractivity contribution in [2.45, 2.75) is 12.3 Å². The maximum absolute atomic E-state index is 10.8. The van der Waals surface area contributed by atoms with Crippen LogP contribution < -0.4 is 0 Å². The fraction of sp³-hybridized carbons (Fsp3) is 0.833. The first kappa shape index (κ1) is 7.66. The second kappa shape index (κ2) is 3.10. The molecule has 1 heterocycles. The van der Waals surface area contributed by atoms with E-state index >= 15 is 0 Å². The highest BCUT2D eigenvalue weighted by molar-refractivity contribution is 6.20. The van der Waals surface area contributed by atoms with Crippen LogP contribution in [-0.4, -0.2) is 36.1 Å². The highest BCUT2D eigenvalue weighted by atomic mass is 35.5. The van der Waals surface area contributed by atoms with E-state index in [2.05, 4.69) is 0 Å². The molecule has 4 heteroatoms. The molecular weight excluding hydrogens is 154 g/mol. The summed E-state index contributed by atoms with van der Waals surface area (Å²) < 4.78 is 4.69. The summed E-state index contributed by atoms with van der Waals surface area (Å²) in [5, 5.41) is 0.00523. The van der Waals surface area contributed by atoms with E-state index in [1.54, 1.807) is 4.90 Å². The van der Waals surface area contributed by atoms with Crippen molar-refractivity contribution in [3.63, 3.8) is 0 Å². The normalized spacial score (nSPS) is 21.0. The van der Waals surface area contributed by atoms with Crippen molar-refractivity contribution < 1.29 is 9.53 Å². The van der Waals surface area contributed by atoms with E-state index in [-0.39, 0.29) is 11.5 Å². The first-order valence-corrected chi connectivity index (χ1v) is 3.69. The number of alkyl halides is 1. The number of hydrogen-bond acceptors (Lipinski definition) is 2. The van der Waals surface area contributed by atoms with Crippen LogP contribution in [0.3, 0.4) is 0 Å². The number of cyclic esters (lactones) is 1. The molecule has 0 aromatic heterocycles. The van der Waals surface area contributed by atoms with E-state index in [0.717, 1.165) is 0 Å². The van der Waals surface area contributed by atoms with Crippen LogP contribution in [0.1, 0.15) is 6.92 Å². The maximum Gasteiger partial charge on any atom is 0.409 e. The number of halogens is 1. The van der Waals surface area contributed by atoms with Crippen molar-refractivity contribution >= 4 is 17.7 Å². The lowest BCUT2D eigenvalue weighted by molar-refractivity contribution is 0.158. The number of amides is 1. The van der Waals surface area contributed by atoms with E-state index in [4.69, 9.17) is 16.3 Å². The van der Waals surface area contributed by atoms with Gasteiger partial charge in [0.15, 0.2) is 0 Å². The fourth-order valence-corrected chi connectivity index (χ4v) is 1.06. The third-order valence-corrected chi connectivity index (χ3v) is 1.45. The number of ether oxygens (including phenoxy) is 1. The highest BCUT2D eigenvalue weighted by Gasteiger charge is 2.22. The van der Waals surface area contributed by atoms with Crippen molar-refractivity contribution in [3.8, 4) is 0 Å². The van der Waals surface area contributed by atoms with Gasteiger partial charge in [0.2, 0.25) is 0 Å². The van der Waals surface area contributed by atoms with Crippen molar-refractivity contribution in [1.82, 2.24) is 4.90 Å². The molecule has 1 atom stereocenters. The molecule has 1 saturated heterocycles. The topological polar surface area (TPSA) is 29.5 Å². The molecule has 1 amide bonds. The molecule has 1 rings (SSSR count). The predicted octanol–water partition coefficient (Wildman–Crippen LogP) is 1.07. The summed E-state index contributed by atoms with van der Waals surface area (Å²) in [5.74, 6) is 0. The summed E-state index contributed by atoms with van der Waals surface area (Å²) in [6.07, 6.45) is -0.243. The second-order valence-corrected chi connectivity index (χ2v) is 3.09. The quantitative estimate of drug-likeness (QED) is 0.570. The SMILES string of the molecule is CC(Cl)CN1CCOC1=O. The molecule has 1 unspecified atom stereocenters. The molecule has 1 aliphatic heterocycles. The van der Waals surface area contributed by atoms with Crippen molar-refractivity contribution in [2.24, 2.45) is 0 Å². The first-order valence-electron chi connectivity index (χ1n) is 3.26. The maximum atomic E-state index is 10.8. The molecule has 0 spiro atoms. The molecule has 58 valence electrons. The molecule has 0 saturated carbocycles. The molecule has 0 aromatic carbocycles. The standard InChI is InChI=1S/C6H10ClNO2/c1-5(7)4-8-2-3-10-6(8)9/h5H,2-4H2,1H3. The first-order chi connectivity index (χ1) is 4.70.